The predicted octanol–water partition coefficient (Wildman–Crippen LogP) is 3.52. The van der Waals surface area contributed by atoms with Crippen molar-refractivity contribution in [3.63, 3.8) is 0 Å². The van der Waals surface area contributed by atoms with Crippen molar-refractivity contribution in [2.24, 2.45) is 0 Å². The lowest BCUT2D eigenvalue weighted by atomic mass is 9.94. The number of nitrogens with one attached hydrogen (secondary N) is 3. The van der Waals surface area contributed by atoms with E-state index in [2.05, 4.69) is 47.1 Å². The monoisotopic (exact) mass is 385 g/mol. The summed E-state index contributed by atoms with van der Waals surface area (Å²) < 4.78 is 0. The average Bonchev–Trinajstić information content (AvgIpc) is 2.68. The van der Waals surface area contributed by atoms with Gasteiger partial charge in [-0.1, -0.05) is 42.0 Å². The van der Waals surface area contributed by atoms with Crippen molar-refractivity contribution >= 4 is 23.5 Å². The number of β-amino-alcohol motifs (C(OH)–C–C–N with tert-alkyl or cyclic N) is 1. The fourth-order valence-electron chi connectivity index (χ4n) is 3.06. The van der Waals surface area contributed by atoms with Crippen LogP contribution in [0.3, 0.4) is 0 Å². The van der Waals surface area contributed by atoms with Gasteiger partial charge in [-0.15, -0.1) is 11.8 Å². The first kappa shape index (κ1) is 19.7. The average molecular weight is 386 g/mol. The molecule has 0 aromatic heterocycles. The van der Waals surface area contributed by atoms with Gasteiger partial charge in [0.05, 0.1) is 11.3 Å². The van der Waals surface area contributed by atoms with Gasteiger partial charge in [0.2, 0.25) is 0 Å². The minimum Gasteiger partial charge on any atom is -0.387 e. The zero-order valence-corrected chi connectivity index (χ0v) is 16.4. The Morgan fingerprint density at radius 2 is 2.00 bits per heavy atom. The number of thioether (sulfide) groups is 1. The lowest BCUT2D eigenvalue weighted by molar-refractivity contribution is 0.0198. The molecule has 1 fully saturated rings. The Balaban J connectivity index is 1.55. The molecule has 1 saturated heterocycles. The maximum atomic E-state index is 12.3. The van der Waals surface area contributed by atoms with E-state index in [9.17, 15) is 9.90 Å². The smallest absolute Gasteiger partial charge is 0.319 e. The molecule has 4 N–H and O–H groups in total. The third-order valence-corrected chi connectivity index (χ3v) is 5.82. The summed E-state index contributed by atoms with van der Waals surface area (Å²) in [5, 5.41) is 19.3. The number of hydrogen-bond acceptors (Lipinski definition) is 4. The summed E-state index contributed by atoms with van der Waals surface area (Å²) in [5.41, 5.74) is 2.41. The van der Waals surface area contributed by atoms with Crippen molar-refractivity contribution in [3.05, 3.63) is 59.7 Å². The number of anilines is 1. The van der Waals surface area contributed by atoms with Crippen LogP contribution in [-0.2, 0) is 5.75 Å². The number of amides is 2. The van der Waals surface area contributed by atoms with Crippen LogP contribution in [-0.4, -0.2) is 36.4 Å². The minimum absolute atomic E-state index is 0.241. The van der Waals surface area contributed by atoms with E-state index in [4.69, 9.17) is 0 Å². The van der Waals surface area contributed by atoms with Crippen LogP contribution in [0.1, 0.15) is 24.0 Å². The number of hydrogen-bond donors (Lipinski definition) is 4. The number of carbonyl (C=O) groups excluding carboxylic acids is 1. The van der Waals surface area contributed by atoms with Crippen molar-refractivity contribution in [2.75, 3.05) is 25.0 Å². The van der Waals surface area contributed by atoms with E-state index in [0.717, 1.165) is 29.3 Å². The molecule has 1 heterocycles. The molecule has 0 bridgehead atoms. The van der Waals surface area contributed by atoms with Crippen LogP contribution in [0, 0.1) is 6.92 Å². The lowest BCUT2D eigenvalue weighted by Gasteiger charge is -2.32. The van der Waals surface area contributed by atoms with Gasteiger partial charge in [-0.25, -0.2) is 4.79 Å². The molecule has 2 aromatic rings. The Bertz CT molecular complexity index is 758. The summed E-state index contributed by atoms with van der Waals surface area (Å²) in [6, 6.07) is 16.0. The van der Waals surface area contributed by atoms with Crippen molar-refractivity contribution in [1.29, 1.82) is 0 Å². The van der Waals surface area contributed by atoms with E-state index in [-0.39, 0.29) is 12.6 Å². The second-order valence-electron chi connectivity index (χ2n) is 7.08. The maximum absolute atomic E-state index is 12.3. The Morgan fingerprint density at radius 3 is 2.74 bits per heavy atom. The van der Waals surface area contributed by atoms with Crippen LogP contribution in [0.15, 0.2) is 53.4 Å². The summed E-state index contributed by atoms with van der Waals surface area (Å²) in [6.07, 6.45) is 1.61. The minimum atomic E-state index is -0.866. The van der Waals surface area contributed by atoms with Crippen LogP contribution in [0.2, 0.25) is 0 Å². The van der Waals surface area contributed by atoms with Gasteiger partial charge in [0.15, 0.2) is 0 Å². The molecule has 1 aliphatic heterocycles. The maximum Gasteiger partial charge on any atom is 0.319 e. The van der Waals surface area contributed by atoms with Gasteiger partial charge in [-0.05, 0) is 44.0 Å². The van der Waals surface area contributed by atoms with E-state index in [1.807, 2.05) is 24.3 Å². The third kappa shape index (κ3) is 5.99. The van der Waals surface area contributed by atoms with Crippen molar-refractivity contribution < 1.29 is 9.90 Å². The highest BCUT2D eigenvalue weighted by Crippen LogP contribution is 2.29. The molecule has 1 aliphatic rings. The van der Waals surface area contributed by atoms with Crippen LogP contribution in [0.25, 0.3) is 0 Å². The molecule has 0 saturated carbocycles. The number of para-hydroxylation sites is 1. The highest BCUT2D eigenvalue weighted by atomic mass is 32.2. The molecule has 6 heteroatoms. The van der Waals surface area contributed by atoms with Crippen LogP contribution >= 0.6 is 11.8 Å². The van der Waals surface area contributed by atoms with Gasteiger partial charge < -0.3 is 21.1 Å². The second-order valence-corrected chi connectivity index (χ2v) is 8.10. The normalized spacial score (nSPS) is 19.5. The number of aryl methyl sites for hydroxylation is 1. The first-order chi connectivity index (χ1) is 13.0. The molecule has 0 radical (unpaired) electrons. The van der Waals surface area contributed by atoms with Gasteiger partial charge >= 0.3 is 6.03 Å². The number of benzene rings is 2. The zero-order valence-electron chi connectivity index (χ0n) is 15.6. The molecule has 1 atom stereocenters. The van der Waals surface area contributed by atoms with E-state index in [1.54, 1.807) is 11.8 Å². The summed E-state index contributed by atoms with van der Waals surface area (Å²) >= 11 is 1.69. The first-order valence-corrected chi connectivity index (χ1v) is 10.3. The van der Waals surface area contributed by atoms with E-state index < -0.39 is 5.60 Å². The number of carbonyl (C=O) groups is 1. The molecule has 2 amide bonds. The number of urea groups is 1. The largest absolute Gasteiger partial charge is 0.387 e. The lowest BCUT2D eigenvalue weighted by Crippen LogP contribution is -2.53. The van der Waals surface area contributed by atoms with E-state index in [1.165, 1.54) is 11.1 Å². The van der Waals surface area contributed by atoms with Crippen molar-refractivity contribution in [2.45, 2.75) is 36.0 Å². The summed E-state index contributed by atoms with van der Waals surface area (Å²) in [4.78, 5) is 13.3. The highest BCUT2D eigenvalue weighted by molar-refractivity contribution is 7.98. The molecule has 0 unspecified atom stereocenters. The Morgan fingerprint density at radius 1 is 1.22 bits per heavy atom. The quantitative estimate of drug-likeness (QED) is 0.574. The van der Waals surface area contributed by atoms with Gasteiger partial charge in [0, 0.05) is 23.7 Å². The summed E-state index contributed by atoms with van der Waals surface area (Å²) in [6.45, 7) is 3.75. The first-order valence-electron chi connectivity index (χ1n) is 9.29. The summed E-state index contributed by atoms with van der Waals surface area (Å²) in [7, 11) is 0. The van der Waals surface area contributed by atoms with Crippen molar-refractivity contribution in [1.82, 2.24) is 10.6 Å². The molecule has 2 aromatic carbocycles. The molecule has 0 spiro atoms. The van der Waals surface area contributed by atoms with Crippen LogP contribution < -0.4 is 16.0 Å². The summed E-state index contributed by atoms with van der Waals surface area (Å²) in [5.74, 6) is 0.839. The molecule has 5 nitrogen and oxygen atoms in total. The third-order valence-electron chi connectivity index (χ3n) is 4.68. The highest BCUT2D eigenvalue weighted by Gasteiger charge is 2.29. The standard InChI is InChI=1S/C21H27N3O2S/c1-16-7-9-17(10-8-16)13-27-19-6-3-2-5-18(19)24-20(25)23-15-21(26)11-4-12-22-14-21/h2-3,5-10,22,26H,4,11-15H2,1H3,(H2,23,24,25)/t21-/m0/s1. The van der Waals surface area contributed by atoms with Gasteiger partial charge in [-0.2, -0.15) is 0 Å². The van der Waals surface area contributed by atoms with Crippen LogP contribution in [0.5, 0.6) is 0 Å². The van der Waals surface area contributed by atoms with Gasteiger partial charge in [-0.3, -0.25) is 0 Å². The topological polar surface area (TPSA) is 73.4 Å². The SMILES string of the molecule is Cc1ccc(CSc2ccccc2NC(=O)NC[C@]2(O)CCCNC2)cc1. The Labute approximate surface area is 164 Å². The van der Waals surface area contributed by atoms with Gasteiger partial charge in [0.25, 0.3) is 0 Å². The van der Waals surface area contributed by atoms with Gasteiger partial charge in [0.1, 0.15) is 0 Å². The van der Waals surface area contributed by atoms with E-state index in [0.29, 0.717) is 13.0 Å². The fourth-order valence-corrected chi connectivity index (χ4v) is 4.02. The number of rotatable bonds is 6. The molecule has 144 valence electrons. The molecular formula is C21H27N3O2S. The number of piperidine rings is 1. The van der Waals surface area contributed by atoms with Crippen molar-refractivity contribution in [3.8, 4) is 0 Å². The predicted molar refractivity (Wildman–Crippen MR) is 111 cm³/mol. The molecule has 3 rings (SSSR count). The van der Waals surface area contributed by atoms with E-state index >= 15 is 0 Å². The second kappa shape index (κ2) is 9.26. The Kier molecular flexibility index (Phi) is 6.77. The zero-order chi connectivity index (χ0) is 19.1. The molecule has 0 aliphatic carbocycles. The number of aliphatic hydroxyl groups is 1. The molecular weight excluding hydrogens is 358 g/mol. The Hall–Kier alpha value is -2.02. The fraction of sp³-hybridized carbons (Fsp3) is 0.381. The van der Waals surface area contributed by atoms with Crippen LogP contribution in [0.4, 0.5) is 10.5 Å². The molecule has 27 heavy (non-hydrogen) atoms.